The Bertz CT molecular complexity index is 950. The maximum atomic E-state index is 13.5. The number of rotatable bonds is 4. The first-order valence-electron chi connectivity index (χ1n) is 10.4. The van der Waals surface area contributed by atoms with Crippen molar-refractivity contribution in [3.63, 3.8) is 0 Å². The summed E-state index contributed by atoms with van der Waals surface area (Å²) in [6, 6.07) is 15.2. The second-order valence-corrected chi connectivity index (χ2v) is 10.6. The highest BCUT2D eigenvalue weighted by atomic mass is 35.5. The molecule has 0 bridgehead atoms. The number of nitrogens with one attached hydrogen (secondary N) is 1. The average molecular weight is 443 g/mol. The van der Waals surface area contributed by atoms with Gasteiger partial charge in [0.2, 0.25) is 5.91 Å². The first kappa shape index (κ1) is 21.3. The van der Waals surface area contributed by atoms with Gasteiger partial charge in [-0.3, -0.25) is 9.59 Å². The molecule has 1 saturated heterocycles. The molecule has 2 unspecified atom stereocenters. The molecule has 30 heavy (non-hydrogen) atoms. The van der Waals surface area contributed by atoms with Gasteiger partial charge in [-0.1, -0.05) is 68.8 Å². The summed E-state index contributed by atoms with van der Waals surface area (Å²) >= 11 is 7.96. The molecule has 0 spiro atoms. The summed E-state index contributed by atoms with van der Waals surface area (Å²) in [7, 11) is 0. The van der Waals surface area contributed by atoms with Crippen molar-refractivity contribution < 1.29 is 9.59 Å². The molecule has 2 amide bonds. The van der Waals surface area contributed by atoms with Crippen molar-refractivity contribution in [1.82, 2.24) is 10.2 Å². The smallest absolute Gasteiger partial charge is 0.257 e. The van der Waals surface area contributed by atoms with Crippen LogP contribution in [0.1, 0.15) is 60.5 Å². The van der Waals surface area contributed by atoms with E-state index < -0.39 is 6.04 Å². The predicted molar refractivity (Wildman–Crippen MR) is 123 cm³/mol. The van der Waals surface area contributed by atoms with Gasteiger partial charge in [-0.2, -0.15) is 0 Å². The van der Waals surface area contributed by atoms with Gasteiger partial charge >= 0.3 is 0 Å². The highest BCUT2D eigenvalue weighted by Crippen LogP contribution is 2.43. The Morgan fingerprint density at radius 2 is 1.73 bits per heavy atom. The molecule has 1 N–H and O–H groups in total. The number of hydrogen-bond donors (Lipinski definition) is 1. The minimum absolute atomic E-state index is 0.0567. The number of halogens is 1. The Balaban J connectivity index is 1.67. The van der Waals surface area contributed by atoms with Crippen LogP contribution in [-0.2, 0) is 10.2 Å². The largest absolute Gasteiger partial charge is 0.352 e. The summed E-state index contributed by atoms with van der Waals surface area (Å²) in [6.07, 6.45) is 2.03. The normalized spacial score (nSPS) is 21.5. The van der Waals surface area contributed by atoms with Gasteiger partial charge in [0, 0.05) is 11.8 Å². The van der Waals surface area contributed by atoms with Crippen LogP contribution in [0.3, 0.4) is 0 Å². The first-order valence-corrected chi connectivity index (χ1v) is 11.8. The van der Waals surface area contributed by atoms with E-state index in [1.54, 1.807) is 40.9 Å². The lowest BCUT2D eigenvalue weighted by molar-refractivity contribution is -0.125. The number of benzene rings is 2. The van der Waals surface area contributed by atoms with Crippen LogP contribution in [0.15, 0.2) is 48.5 Å². The van der Waals surface area contributed by atoms with Crippen molar-refractivity contribution in [3.8, 4) is 0 Å². The molecular weight excluding hydrogens is 416 g/mol. The molecule has 1 aliphatic carbocycles. The van der Waals surface area contributed by atoms with Gasteiger partial charge in [-0.05, 0) is 41.5 Å². The van der Waals surface area contributed by atoms with Crippen molar-refractivity contribution in [2.24, 2.45) is 0 Å². The van der Waals surface area contributed by atoms with E-state index in [0.29, 0.717) is 16.3 Å². The van der Waals surface area contributed by atoms with Crippen LogP contribution in [0.5, 0.6) is 0 Å². The highest BCUT2D eigenvalue weighted by Gasteiger charge is 2.44. The van der Waals surface area contributed by atoms with E-state index in [2.05, 4.69) is 50.4 Å². The average Bonchev–Trinajstić information content (AvgIpc) is 3.41. The molecule has 2 fully saturated rings. The molecular formula is C24H27ClN2O2S. The zero-order chi connectivity index (χ0) is 21.5. The number of hydrogen-bond acceptors (Lipinski definition) is 3. The fraction of sp³-hybridized carbons (Fsp3) is 0.417. The van der Waals surface area contributed by atoms with Crippen LogP contribution >= 0.6 is 23.4 Å². The van der Waals surface area contributed by atoms with E-state index in [0.717, 1.165) is 18.4 Å². The van der Waals surface area contributed by atoms with Gasteiger partial charge in [0.05, 0.1) is 10.6 Å². The summed E-state index contributed by atoms with van der Waals surface area (Å²) in [5.74, 6) is 0.297. The molecule has 2 aromatic rings. The molecule has 2 aromatic carbocycles. The Labute approximate surface area is 187 Å². The molecule has 0 radical (unpaired) electrons. The van der Waals surface area contributed by atoms with Gasteiger partial charge < -0.3 is 10.2 Å². The number of carbonyl (C=O) groups is 2. The van der Waals surface area contributed by atoms with Crippen LogP contribution in [0, 0.1) is 0 Å². The Hall–Kier alpha value is -1.98. The van der Waals surface area contributed by atoms with Crippen molar-refractivity contribution in [1.29, 1.82) is 0 Å². The number of carbonyl (C=O) groups excluding carboxylic acids is 2. The lowest BCUT2D eigenvalue weighted by atomic mass is 9.86. The topological polar surface area (TPSA) is 49.4 Å². The lowest BCUT2D eigenvalue weighted by Crippen LogP contribution is -2.48. The highest BCUT2D eigenvalue weighted by molar-refractivity contribution is 7.99. The minimum Gasteiger partial charge on any atom is -0.352 e. The zero-order valence-corrected chi connectivity index (χ0v) is 19.1. The SMILES string of the molecule is CC(C)(C)c1ccc(C2SCC(C(=O)NC3CC3)N2C(=O)c2ccccc2Cl)cc1. The summed E-state index contributed by atoms with van der Waals surface area (Å²) < 4.78 is 0. The van der Waals surface area contributed by atoms with E-state index in [-0.39, 0.29) is 28.6 Å². The Morgan fingerprint density at radius 3 is 2.33 bits per heavy atom. The lowest BCUT2D eigenvalue weighted by Gasteiger charge is -2.30. The van der Waals surface area contributed by atoms with Crippen molar-refractivity contribution in [2.75, 3.05) is 5.75 Å². The predicted octanol–water partition coefficient (Wildman–Crippen LogP) is 5.17. The van der Waals surface area contributed by atoms with E-state index in [4.69, 9.17) is 11.6 Å². The molecule has 4 rings (SSSR count). The molecule has 2 atom stereocenters. The molecule has 4 nitrogen and oxygen atoms in total. The summed E-state index contributed by atoms with van der Waals surface area (Å²) in [5, 5.41) is 3.25. The monoisotopic (exact) mass is 442 g/mol. The summed E-state index contributed by atoms with van der Waals surface area (Å²) in [6.45, 7) is 6.54. The fourth-order valence-corrected chi connectivity index (χ4v) is 5.31. The summed E-state index contributed by atoms with van der Waals surface area (Å²) in [4.78, 5) is 28.2. The van der Waals surface area contributed by atoms with Crippen LogP contribution in [0.25, 0.3) is 0 Å². The third-order valence-corrected chi connectivity index (χ3v) is 7.28. The van der Waals surface area contributed by atoms with Crippen LogP contribution < -0.4 is 5.32 Å². The van der Waals surface area contributed by atoms with Crippen LogP contribution in [0.2, 0.25) is 5.02 Å². The van der Waals surface area contributed by atoms with E-state index in [1.165, 1.54) is 5.56 Å². The van der Waals surface area contributed by atoms with E-state index in [9.17, 15) is 9.59 Å². The number of thioether (sulfide) groups is 1. The number of nitrogens with zero attached hydrogens (tertiary/aromatic N) is 1. The van der Waals surface area contributed by atoms with E-state index in [1.807, 2.05) is 0 Å². The standard InChI is InChI=1S/C24H27ClN2O2S/c1-24(2,3)16-10-8-15(9-11-16)23-27(22(29)18-6-4-5-7-19(18)25)20(14-30-23)21(28)26-17-12-13-17/h4-11,17,20,23H,12-14H2,1-3H3,(H,26,28). The van der Waals surface area contributed by atoms with Gasteiger partial charge in [0.25, 0.3) is 5.91 Å². The van der Waals surface area contributed by atoms with Crippen molar-refractivity contribution in [3.05, 3.63) is 70.2 Å². The maximum Gasteiger partial charge on any atom is 0.257 e. The molecule has 0 aromatic heterocycles. The molecule has 2 aliphatic rings. The fourth-order valence-electron chi connectivity index (χ4n) is 3.66. The quantitative estimate of drug-likeness (QED) is 0.710. The van der Waals surface area contributed by atoms with Gasteiger partial charge in [-0.25, -0.2) is 0 Å². The Kier molecular flexibility index (Phi) is 5.86. The third kappa shape index (κ3) is 4.37. The first-order chi connectivity index (χ1) is 14.3. The van der Waals surface area contributed by atoms with Crippen LogP contribution in [0.4, 0.5) is 0 Å². The van der Waals surface area contributed by atoms with Crippen molar-refractivity contribution in [2.45, 2.75) is 56.5 Å². The van der Waals surface area contributed by atoms with Gasteiger partial charge in [-0.15, -0.1) is 11.8 Å². The molecule has 158 valence electrons. The zero-order valence-electron chi connectivity index (χ0n) is 17.5. The van der Waals surface area contributed by atoms with Crippen LogP contribution in [-0.4, -0.2) is 34.6 Å². The van der Waals surface area contributed by atoms with Gasteiger partial charge in [0.15, 0.2) is 0 Å². The second kappa shape index (κ2) is 8.27. The van der Waals surface area contributed by atoms with Gasteiger partial charge in [0.1, 0.15) is 11.4 Å². The third-order valence-electron chi connectivity index (χ3n) is 5.63. The second-order valence-electron chi connectivity index (χ2n) is 9.05. The van der Waals surface area contributed by atoms with Crippen molar-refractivity contribution >= 4 is 35.2 Å². The number of amides is 2. The summed E-state index contributed by atoms with van der Waals surface area (Å²) in [5.41, 5.74) is 2.75. The Morgan fingerprint density at radius 1 is 1.07 bits per heavy atom. The molecule has 6 heteroatoms. The minimum atomic E-state index is -0.508. The molecule has 1 heterocycles. The molecule has 1 aliphatic heterocycles. The van der Waals surface area contributed by atoms with E-state index >= 15 is 0 Å². The maximum absolute atomic E-state index is 13.5. The molecule has 1 saturated carbocycles.